The van der Waals surface area contributed by atoms with Crippen LogP contribution in [0.3, 0.4) is 0 Å². The number of halogens is 2. The van der Waals surface area contributed by atoms with Crippen molar-refractivity contribution in [1.29, 1.82) is 0 Å². The quantitative estimate of drug-likeness (QED) is 0.797. The minimum atomic E-state index is -1.91. The molecule has 100 valence electrons. The van der Waals surface area contributed by atoms with Crippen LogP contribution in [0.4, 0.5) is 10.1 Å². The molecule has 5 heteroatoms. The average molecular weight is 333 g/mol. The molecule has 1 amide bonds. The van der Waals surface area contributed by atoms with Gasteiger partial charge in [0.25, 0.3) is 12.2 Å². The van der Waals surface area contributed by atoms with E-state index < -0.39 is 12.2 Å². The summed E-state index contributed by atoms with van der Waals surface area (Å²) in [6.45, 7) is 0. The largest absolute Gasteiger partial charge is 0.321 e. The van der Waals surface area contributed by atoms with Gasteiger partial charge in [-0.2, -0.15) is 0 Å². The Balaban J connectivity index is 2.23. The number of anilines is 1. The van der Waals surface area contributed by atoms with Gasteiger partial charge >= 0.3 is 0 Å². The van der Waals surface area contributed by atoms with Gasteiger partial charge < -0.3 is 5.32 Å². The first-order valence-electron chi connectivity index (χ1n) is 6.03. The zero-order chi connectivity index (χ0) is 14.1. The molecule has 0 bridgehead atoms. The number of amides is 1. The van der Waals surface area contributed by atoms with Crippen molar-refractivity contribution in [2.24, 2.45) is 4.99 Å². The van der Waals surface area contributed by atoms with Crippen LogP contribution in [-0.2, 0) is 4.79 Å². The summed E-state index contributed by atoms with van der Waals surface area (Å²) < 4.78 is 14.7. The summed E-state index contributed by atoms with van der Waals surface area (Å²) in [5, 5.41) is 2.55. The fourth-order valence-electron chi connectivity index (χ4n) is 2.08. The number of carbonyl (C=O) groups is 1. The van der Waals surface area contributed by atoms with E-state index in [1.807, 2.05) is 36.4 Å². The molecule has 20 heavy (non-hydrogen) atoms. The average Bonchev–Trinajstić information content (AvgIpc) is 2.58. The predicted octanol–water partition coefficient (Wildman–Crippen LogP) is 3.53. The van der Waals surface area contributed by atoms with E-state index in [0.29, 0.717) is 17.0 Å². The lowest BCUT2D eigenvalue weighted by Gasteiger charge is -2.10. The number of rotatable bonds is 1. The fraction of sp³-hybridized carbons (Fsp3) is 0.0667. The number of carbonyl (C=O) groups excluding carboxylic acids is 1. The van der Waals surface area contributed by atoms with Gasteiger partial charge in [-0.3, -0.25) is 4.79 Å². The second kappa shape index (κ2) is 5.17. The van der Waals surface area contributed by atoms with Crippen molar-refractivity contribution >= 4 is 33.2 Å². The zero-order valence-electron chi connectivity index (χ0n) is 10.3. The molecule has 1 N–H and O–H groups in total. The van der Waals surface area contributed by atoms with Crippen molar-refractivity contribution in [3.8, 4) is 0 Å². The minimum Gasteiger partial charge on any atom is -0.321 e. The number of nitrogens with one attached hydrogen (secondary N) is 1. The number of hydrogen-bond donors (Lipinski definition) is 1. The molecule has 1 heterocycles. The Kier molecular flexibility index (Phi) is 3.36. The van der Waals surface area contributed by atoms with Gasteiger partial charge in [-0.05, 0) is 18.2 Å². The van der Waals surface area contributed by atoms with Crippen LogP contribution in [0.15, 0.2) is 58.0 Å². The standard InChI is InChI=1S/C15H10BrFN2O/c16-10-6-7-12-11(8-10)13(9-4-2-1-3-5-9)19-14(17)15(20)18-12/h1-8,14H,(H,18,20). The van der Waals surface area contributed by atoms with Crippen molar-refractivity contribution < 1.29 is 9.18 Å². The third-order valence-corrected chi connectivity index (χ3v) is 3.49. The van der Waals surface area contributed by atoms with Crippen molar-refractivity contribution in [3.05, 3.63) is 64.1 Å². The van der Waals surface area contributed by atoms with E-state index in [-0.39, 0.29) is 0 Å². The number of benzene rings is 2. The zero-order valence-corrected chi connectivity index (χ0v) is 11.9. The molecule has 1 aliphatic rings. The number of aliphatic imine (C=N–C) groups is 1. The lowest BCUT2D eigenvalue weighted by atomic mass is 10.0. The van der Waals surface area contributed by atoms with Gasteiger partial charge in [0.15, 0.2) is 0 Å². The molecule has 2 aromatic carbocycles. The molecule has 0 aromatic heterocycles. The first-order valence-corrected chi connectivity index (χ1v) is 6.82. The van der Waals surface area contributed by atoms with Crippen molar-refractivity contribution in [3.63, 3.8) is 0 Å². The first-order chi connectivity index (χ1) is 9.65. The smallest absolute Gasteiger partial charge is 0.281 e. The molecule has 0 radical (unpaired) electrons. The Morgan fingerprint density at radius 3 is 2.65 bits per heavy atom. The SMILES string of the molecule is O=C1Nc2ccc(Br)cc2C(c2ccccc2)=NC1F. The summed E-state index contributed by atoms with van der Waals surface area (Å²) in [6, 6.07) is 14.6. The van der Waals surface area contributed by atoms with Crippen molar-refractivity contribution in [2.45, 2.75) is 6.30 Å². The molecule has 2 aromatic rings. The highest BCUT2D eigenvalue weighted by Gasteiger charge is 2.25. The molecule has 0 saturated carbocycles. The highest BCUT2D eigenvalue weighted by molar-refractivity contribution is 9.10. The second-order valence-electron chi connectivity index (χ2n) is 4.36. The molecule has 0 saturated heterocycles. The lowest BCUT2D eigenvalue weighted by molar-refractivity contribution is -0.120. The predicted molar refractivity (Wildman–Crippen MR) is 79.7 cm³/mol. The molecule has 0 aliphatic carbocycles. The highest BCUT2D eigenvalue weighted by atomic mass is 79.9. The fourth-order valence-corrected chi connectivity index (χ4v) is 2.44. The van der Waals surface area contributed by atoms with Crippen molar-refractivity contribution in [1.82, 2.24) is 0 Å². The van der Waals surface area contributed by atoms with Crippen LogP contribution in [0.1, 0.15) is 11.1 Å². The van der Waals surface area contributed by atoms with Crippen LogP contribution in [0, 0.1) is 0 Å². The van der Waals surface area contributed by atoms with E-state index >= 15 is 0 Å². The Morgan fingerprint density at radius 1 is 1.15 bits per heavy atom. The Hall–Kier alpha value is -2.01. The van der Waals surface area contributed by atoms with Gasteiger partial charge in [0.1, 0.15) is 0 Å². The first kappa shape index (κ1) is 13.0. The summed E-state index contributed by atoms with van der Waals surface area (Å²) in [5.41, 5.74) is 2.48. The second-order valence-corrected chi connectivity index (χ2v) is 5.27. The lowest BCUT2D eigenvalue weighted by Crippen LogP contribution is -2.21. The van der Waals surface area contributed by atoms with Crippen LogP contribution in [-0.4, -0.2) is 17.9 Å². The summed E-state index contributed by atoms with van der Waals surface area (Å²) in [7, 11) is 0. The number of alkyl halides is 1. The van der Waals surface area contributed by atoms with E-state index in [4.69, 9.17) is 0 Å². The molecule has 0 fully saturated rings. The highest BCUT2D eigenvalue weighted by Crippen LogP contribution is 2.27. The molecule has 1 aliphatic heterocycles. The maximum absolute atomic E-state index is 13.8. The number of benzodiazepines with no additional fused rings is 1. The topological polar surface area (TPSA) is 41.5 Å². The Morgan fingerprint density at radius 2 is 1.90 bits per heavy atom. The number of fused-ring (bicyclic) bond motifs is 1. The van der Waals surface area contributed by atoms with Gasteiger partial charge in [-0.25, -0.2) is 9.38 Å². The number of nitrogens with zero attached hydrogens (tertiary/aromatic N) is 1. The van der Waals surface area contributed by atoms with Gasteiger partial charge in [-0.1, -0.05) is 46.3 Å². The number of hydrogen-bond acceptors (Lipinski definition) is 2. The van der Waals surface area contributed by atoms with Crippen molar-refractivity contribution in [2.75, 3.05) is 5.32 Å². The Bertz CT molecular complexity index is 700. The summed E-state index contributed by atoms with van der Waals surface area (Å²) >= 11 is 3.38. The third-order valence-electron chi connectivity index (χ3n) is 3.00. The van der Waals surface area contributed by atoms with E-state index in [2.05, 4.69) is 26.2 Å². The third kappa shape index (κ3) is 2.36. The summed E-state index contributed by atoms with van der Waals surface area (Å²) in [5.74, 6) is -0.750. The van der Waals surface area contributed by atoms with Crippen LogP contribution in [0.2, 0.25) is 0 Å². The molecule has 0 spiro atoms. The maximum atomic E-state index is 13.8. The molecular weight excluding hydrogens is 323 g/mol. The summed E-state index contributed by atoms with van der Waals surface area (Å²) in [6.07, 6.45) is -1.91. The van der Waals surface area contributed by atoms with E-state index in [1.54, 1.807) is 12.1 Å². The normalized spacial score (nSPS) is 17.8. The van der Waals surface area contributed by atoms with Crippen LogP contribution in [0.5, 0.6) is 0 Å². The maximum Gasteiger partial charge on any atom is 0.281 e. The molecule has 1 atom stereocenters. The molecule has 1 unspecified atom stereocenters. The van der Waals surface area contributed by atoms with Crippen LogP contribution < -0.4 is 5.32 Å². The van der Waals surface area contributed by atoms with Gasteiger partial charge in [0, 0.05) is 15.6 Å². The molecule has 3 rings (SSSR count). The van der Waals surface area contributed by atoms with Crippen LogP contribution in [0.25, 0.3) is 0 Å². The summed E-state index contributed by atoms with van der Waals surface area (Å²) in [4.78, 5) is 15.6. The van der Waals surface area contributed by atoms with E-state index in [0.717, 1.165) is 10.0 Å². The van der Waals surface area contributed by atoms with Gasteiger partial charge in [0.2, 0.25) is 0 Å². The van der Waals surface area contributed by atoms with E-state index in [1.165, 1.54) is 0 Å². The minimum absolute atomic E-state index is 0.466. The molecule has 3 nitrogen and oxygen atoms in total. The molecular formula is C15H10BrFN2O. The van der Waals surface area contributed by atoms with E-state index in [9.17, 15) is 9.18 Å². The van der Waals surface area contributed by atoms with Gasteiger partial charge in [0.05, 0.1) is 11.4 Å². The van der Waals surface area contributed by atoms with Gasteiger partial charge in [-0.15, -0.1) is 0 Å². The monoisotopic (exact) mass is 332 g/mol. The van der Waals surface area contributed by atoms with Crippen LogP contribution >= 0.6 is 15.9 Å². The Labute approximate surface area is 123 Å².